The van der Waals surface area contributed by atoms with E-state index in [1.807, 2.05) is 31.2 Å². The molecule has 0 unspecified atom stereocenters. The Labute approximate surface area is 113 Å². The Bertz CT molecular complexity index is 550. The van der Waals surface area contributed by atoms with Crippen molar-refractivity contribution in [2.24, 2.45) is 5.92 Å². The summed E-state index contributed by atoms with van der Waals surface area (Å²) in [4.78, 5) is 8.31. The summed E-state index contributed by atoms with van der Waals surface area (Å²) in [6, 6.07) is 7.81. The molecule has 0 atom stereocenters. The van der Waals surface area contributed by atoms with Gasteiger partial charge in [0.15, 0.2) is 0 Å². The zero-order chi connectivity index (χ0) is 13.8. The van der Waals surface area contributed by atoms with Crippen molar-refractivity contribution < 1.29 is 4.74 Å². The summed E-state index contributed by atoms with van der Waals surface area (Å²) in [6.07, 6.45) is 1.53. The van der Waals surface area contributed by atoms with E-state index < -0.39 is 0 Å². The van der Waals surface area contributed by atoms with Crippen LogP contribution in [-0.2, 0) is 0 Å². The fourth-order valence-electron chi connectivity index (χ4n) is 1.69. The van der Waals surface area contributed by atoms with Gasteiger partial charge < -0.3 is 10.5 Å². The molecule has 0 amide bonds. The molecule has 2 aromatic rings. The van der Waals surface area contributed by atoms with Crippen LogP contribution in [-0.4, -0.2) is 16.6 Å². The minimum absolute atomic E-state index is 0.514. The molecule has 100 valence electrons. The Kier molecular flexibility index (Phi) is 4.00. The minimum Gasteiger partial charge on any atom is -0.493 e. The summed E-state index contributed by atoms with van der Waals surface area (Å²) < 4.78 is 5.65. The highest BCUT2D eigenvalue weighted by Crippen LogP contribution is 2.26. The number of aryl methyl sites for hydroxylation is 1. The molecule has 0 radical (unpaired) electrons. The minimum atomic E-state index is 0.514. The molecule has 4 nitrogen and oxygen atoms in total. The molecule has 0 spiro atoms. The molecule has 0 aliphatic heterocycles. The van der Waals surface area contributed by atoms with Gasteiger partial charge in [-0.1, -0.05) is 13.8 Å². The average molecular weight is 257 g/mol. The van der Waals surface area contributed by atoms with Crippen molar-refractivity contribution in [3.63, 3.8) is 0 Å². The summed E-state index contributed by atoms with van der Waals surface area (Å²) in [5, 5.41) is 0. The van der Waals surface area contributed by atoms with Crippen LogP contribution < -0.4 is 10.5 Å². The number of rotatable bonds is 4. The molecule has 4 heteroatoms. The van der Waals surface area contributed by atoms with Crippen LogP contribution in [0.1, 0.15) is 19.5 Å². The van der Waals surface area contributed by atoms with Gasteiger partial charge in [-0.3, -0.25) is 0 Å². The summed E-state index contributed by atoms with van der Waals surface area (Å²) >= 11 is 0. The largest absolute Gasteiger partial charge is 0.493 e. The lowest BCUT2D eigenvalue weighted by atomic mass is 10.1. The number of hydrogen-bond donors (Lipinski definition) is 1. The summed E-state index contributed by atoms with van der Waals surface area (Å²) in [7, 11) is 0. The van der Waals surface area contributed by atoms with Crippen molar-refractivity contribution in [3.8, 4) is 17.0 Å². The molecular formula is C15H19N3O. The van der Waals surface area contributed by atoms with Gasteiger partial charge in [0.2, 0.25) is 0 Å². The molecule has 1 heterocycles. The molecule has 0 fully saturated rings. The van der Waals surface area contributed by atoms with Crippen molar-refractivity contribution in [2.75, 3.05) is 12.3 Å². The van der Waals surface area contributed by atoms with Crippen LogP contribution in [0.4, 0.5) is 5.69 Å². The number of hydrogen-bond acceptors (Lipinski definition) is 4. The van der Waals surface area contributed by atoms with Gasteiger partial charge in [0.05, 0.1) is 23.7 Å². The predicted molar refractivity (Wildman–Crippen MR) is 77.0 cm³/mol. The van der Waals surface area contributed by atoms with Crippen LogP contribution in [0.3, 0.4) is 0 Å². The highest BCUT2D eigenvalue weighted by Gasteiger charge is 2.07. The zero-order valence-electron chi connectivity index (χ0n) is 11.6. The Morgan fingerprint density at radius 1 is 1.16 bits per heavy atom. The molecule has 0 saturated carbocycles. The first kappa shape index (κ1) is 13.3. The molecule has 0 bridgehead atoms. The number of aromatic nitrogens is 2. The highest BCUT2D eigenvalue weighted by molar-refractivity contribution is 5.73. The van der Waals surface area contributed by atoms with E-state index in [0.717, 1.165) is 22.7 Å². The highest BCUT2D eigenvalue weighted by atomic mass is 16.5. The van der Waals surface area contributed by atoms with Crippen molar-refractivity contribution in [3.05, 3.63) is 36.3 Å². The lowest BCUT2D eigenvalue weighted by molar-refractivity contribution is 0.271. The topological polar surface area (TPSA) is 61.0 Å². The Morgan fingerprint density at radius 3 is 2.47 bits per heavy atom. The van der Waals surface area contributed by atoms with E-state index in [4.69, 9.17) is 10.5 Å². The standard InChI is InChI=1S/C15H19N3O/c1-10(2)8-19-13-6-4-12(5-7-13)15-14(16)11(3)17-9-18-15/h4-7,9-10H,8,16H2,1-3H3. The van der Waals surface area contributed by atoms with Gasteiger partial charge in [0.1, 0.15) is 12.1 Å². The number of anilines is 1. The number of nitrogens with zero attached hydrogens (tertiary/aromatic N) is 2. The summed E-state index contributed by atoms with van der Waals surface area (Å²) in [5.74, 6) is 1.38. The number of benzene rings is 1. The maximum absolute atomic E-state index is 5.99. The maximum Gasteiger partial charge on any atom is 0.119 e. The average Bonchev–Trinajstić information content (AvgIpc) is 2.40. The molecule has 1 aromatic heterocycles. The Hall–Kier alpha value is -2.10. The van der Waals surface area contributed by atoms with Gasteiger partial charge in [-0.15, -0.1) is 0 Å². The molecule has 19 heavy (non-hydrogen) atoms. The molecular weight excluding hydrogens is 238 g/mol. The number of nitrogens with two attached hydrogens (primary N) is 1. The van der Waals surface area contributed by atoms with Crippen LogP contribution in [0, 0.1) is 12.8 Å². The number of ether oxygens (including phenoxy) is 1. The van der Waals surface area contributed by atoms with Crippen LogP contribution >= 0.6 is 0 Å². The maximum atomic E-state index is 5.99. The van der Waals surface area contributed by atoms with Crippen molar-refractivity contribution in [1.82, 2.24) is 9.97 Å². The van der Waals surface area contributed by atoms with Gasteiger partial charge in [0, 0.05) is 5.56 Å². The van der Waals surface area contributed by atoms with Crippen molar-refractivity contribution in [2.45, 2.75) is 20.8 Å². The lowest BCUT2D eigenvalue weighted by Crippen LogP contribution is -2.04. The fourth-order valence-corrected chi connectivity index (χ4v) is 1.69. The second-order valence-electron chi connectivity index (χ2n) is 4.95. The summed E-state index contributed by atoms with van der Waals surface area (Å²) in [6.45, 7) is 6.84. The molecule has 0 aliphatic rings. The van der Waals surface area contributed by atoms with Crippen molar-refractivity contribution in [1.29, 1.82) is 0 Å². The molecule has 2 rings (SSSR count). The van der Waals surface area contributed by atoms with Gasteiger partial charge in [-0.2, -0.15) is 0 Å². The Morgan fingerprint density at radius 2 is 1.84 bits per heavy atom. The van der Waals surface area contributed by atoms with Crippen LogP contribution in [0.5, 0.6) is 5.75 Å². The molecule has 1 aromatic carbocycles. The van der Waals surface area contributed by atoms with Gasteiger partial charge >= 0.3 is 0 Å². The van der Waals surface area contributed by atoms with Crippen molar-refractivity contribution >= 4 is 5.69 Å². The van der Waals surface area contributed by atoms with Crippen LogP contribution in [0.2, 0.25) is 0 Å². The molecule has 0 aliphatic carbocycles. The third-order valence-corrected chi connectivity index (χ3v) is 2.79. The molecule has 0 saturated heterocycles. The smallest absolute Gasteiger partial charge is 0.119 e. The first-order valence-electron chi connectivity index (χ1n) is 6.38. The van der Waals surface area contributed by atoms with E-state index in [2.05, 4.69) is 23.8 Å². The second kappa shape index (κ2) is 5.69. The predicted octanol–water partition coefficient (Wildman–Crippen LogP) is 3.07. The van der Waals surface area contributed by atoms with Crippen LogP contribution in [0.15, 0.2) is 30.6 Å². The molecule has 2 N–H and O–H groups in total. The van der Waals surface area contributed by atoms with E-state index in [-0.39, 0.29) is 0 Å². The quantitative estimate of drug-likeness (QED) is 0.914. The fraction of sp³-hybridized carbons (Fsp3) is 0.333. The second-order valence-corrected chi connectivity index (χ2v) is 4.95. The van der Waals surface area contributed by atoms with E-state index >= 15 is 0 Å². The van der Waals surface area contributed by atoms with E-state index in [1.54, 1.807) is 0 Å². The van der Waals surface area contributed by atoms with E-state index in [0.29, 0.717) is 18.2 Å². The zero-order valence-corrected chi connectivity index (χ0v) is 11.6. The first-order chi connectivity index (χ1) is 9.08. The third kappa shape index (κ3) is 3.22. The van der Waals surface area contributed by atoms with E-state index in [9.17, 15) is 0 Å². The van der Waals surface area contributed by atoms with Gasteiger partial charge in [-0.25, -0.2) is 9.97 Å². The Balaban J connectivity index is 2.20. The van der Waals surface area contributed by atoms with Crippen LogP contribution in [0.25, 0.3) is 11.3 Å². The SMILES string of the molecule is Cc1ncnc(-c2ccc(OCC(C)C)cc2)c1N. The monoisotopic (exact) mass is 257 g/mol. The van der Waals surface area contributed by atoms with E-state index in [1.165, 1.54) is 6.33 Å². The van der Waals surface area contributed by atoms with Gasteiger partial charge in [-0.05, 0) is 37.1 Å². The third-order valence-electron chi connectivity index (χ3n) is 2.79. The normalized spacial score (nSPS) is 10.7. The first-order valence-corrected chi connectivity index (χ1v) is 6.38. The summed E-state index contributed by atoms with van der Waals surface area (Å²) in [5.41, 5.74) is 9.15. The van der Waals surface area contributed by atoms with Gasteiger partial charge in [0.25, 0.3) is 0 Å². The lowest BCUT2D eigenvalue weighted by Gasteiger charge is -2.10. The number of nitrogen functional groups attached to an aromatic ring is 1.